The molecule has 17 heavy (non-hydrogen) atoms. The first-order valence-corrected chi connectivity index (χ1v) is 6.19. The zero-order valence-corrected chi connectivity index (χ0v) is 10.1. The van der Waals surface area contributed by atoms with Crippen molar-refractivity contribution in [2.24, 2.45) is 0 Å². The van der Waals surface area contributed by atoms with Gasteiger partial charge in [-0.15, -0.1) is 0 Å². The van der Waals surface area contributed by atoms with Gasteiger partial charge in [-0.3, -0.25) is 0 Å². The summed E-state index contributed by atoms with van der Waals surface area (Å²) in [5.41, 5.74) is 3.91. The Morgan fingerprint density at radius 2 is 1.82 bits per heavy atom. The highest BCUT2D eigenvalue weighted by atomic mass is 35.5. The summed E-state index contributed by atoms with van der Waals surface area (Å²) >= 11 is 5.91. The monoisotopic (exact) mass is 244 g/mol. The predicted octanol–water partition coefficient (Wildman–Crippen LogP) is 4.12. The first-order chi connectivity index (χ1) is 8.24. The molecular weight excluding hydrogens is 232 g/mol. The predicted molar refractivity (Wildman–Crippen MR) is 69.7 cm³/mol. The lowest BCUT2D eigenvalue weighted by molar-refractivity contribution is 0.474. The maximum Gasteiger partial charge on any atom is 0.115 e. The van der Waals surface area contributed by atoms with Gasteiger partial charge in [0.05, 0.1) is 0 Å². The molecule has 2 heteroatoms. The van der Waals surface area contributed by atoms with E-state index in [9.17, 15) is 5.11 Å². The second-order valence-electron chi connectivity index (χ2n) is 4.53. The number of aryl methyl sites for hydroxylation is 1. The van der Waals surface area contributed by atoms with Crippen LogP contribution in [0.1, 0.15) is 29.0 Å². The van der Waals surface area contributed by atoms with E-state index < -0.39 is 0 Å². The van der Waals surface area contributed by atoms with Gasteiger partial charge in [-0.1, -0.05) is 29.8 Å². The molecule has 0 heterocycles. The smallest absolute Gasteiger partial charge is 0.115 e. The van der Waals surface area contributed by atoms with Gasteiger partial charge in [0.15, 0.2) is 0 Å². The fraction of sp³-hybridized carbons (Fsp3) is 0.200. The van der Waals surface area contributed by atoms with E-state index in [2.05, 4.69) is 12.1 Å². The lowest BCUT2D eigenvalue weighted by Gasteiger charge is -2.12. The first-order valence-electron chi connectivity index (χ1n) is 5.81. The minimum atomic E-state index is 0.362. The molecule has 1 nitrogen and oxygen atoms in total. The van der Waals surface area contributed by atoms with Crippen LogP contribution in [0.4, 0.5) is 0 Å². The molecule has 0 aliphatic heterocycles. The third kappa shape index (κ3) is 1.91. The number of phenols is 1. The van der Waals surface area contributed by atoms with Crippen LogP contribution in [-0.4, -0.2) is 5.11 Å². The van der Waals surface area contributed by atoms with Crippen molar-refractivity contribution in [3.05, 3.63) is 64.2 Å². The summed E-state index contributed by atoms with van der Waals surface area (Å²) in [5.74, 6) is 0.809. The number of rotatable bonds is 1. The van der Waals surface area contributed by atoms with Gasteiger partial charge < -0.3 is 5.11 Å². The normalized spacial score (nSPS) is 18.1. The number of hydrogen-bond acceptors (Lipinski definition) is 1. The lowest BCUT2D eigenvalue weighted by atomic mass is 9.93. The molecule has 1 unspecified atom stereocenters. The van der Waals surface area contributed by atoms with Crippen LogP contribution in [0.2, 0.25) is 5.02 Å². The van der Waals surface area contributed by atoms with Crippen LogP contribution >= 0.6 is 11.6 Å². The Morgan fingerprint density at radius 1 is 1.06 bits per heavy atom. The molecule has 1 aliphatic carbocycles. The highest BCUT2D eigenvalue weighted by molar-refractivity contribution is 6.30. The molecule has 1 N–H and O–H groups in total. The van der Waals surface area contributed by atoms with Crippen LogP contribution in [0.3, 0.4) is 0 Å². The molecule has 2 aromatic carbocycles. The summed E-state index contributed by atoms with van der Waals surface area (Å²) in [5, 5.41) is 10.2. The number of phenolic OH excluding ortho intramolecular Hbond substituents is 1. The summed E-state index contributed by atoms with van der Waals surface area (Å²) in [7, 11) is 0. The second kappa shape index (κ2) is 4.08. The molecule has 0 saturated heterocycles. The molecule has 0 saturated carbocycles. The van der Waals surface area contributed by atoms with Crippen LogP contribution in [0, 0.1) is 0 Å². The van der Waals surface area contributed by atoms with Gasteiger partial charge in [-0.05, 0) is 53.8 Å². The minimum absolute atomic E-state index is 0.362. The van der Waals surface area contributed by atoms with E-state index in [4.69, 9.17) is 11.6 Å². The lowest BCUT2D eigenvalue weighted by Crippen LogP contribution is -1.95. The maximum absolute atomic E-state index is 9.47. The standard InChI is InChI=1S/C15H13ClO/c16-12-4-1-10(2-5-12)14-7-3-11-9-13(17)6-8-15(11)14/h1-2,4-6,8-9,14,17H,3,7H2. The molecule has 86 valence electrons. The largest absolute Gasteiger partial charge is 0.508 e. The topological polar surface area (TPSA) is 20.2 Å². The van der Waals surface area contributed by atoms with Crippen molar-refractivity contribution in [2.75, 3.05) is 0 Å². The van der Waals surface area contributed by atoms with Gasteiger partial charge in [-0.25, -0.2) is 0 Å². The van der Waals surface area contributed by atoms with Crippen molar-refractivity contribution in [3.63, 3.8) is 0 Å². The van der Waals surface area contributed by atoms with Crippen molar-refractivity contribution in [1.82, 2.24) is 0 Å². The Kier molecular flexibility index (Phi) is 2.56. The highest BCUT2D eigenvalue weighted by Crippen LogP contribution is 2.39. The zero-order chi connectivity index (χ0) is 11.8. The summed E-state index contributed by atoms with van der Waals surface area (Å²) < 4.78 is 0. The molecule has 0 fully saturated rings. The molecular formula is C15H13ClO. The molecule has 1 atom stereocenters. The van der Waals surface area contributed by atoms with Crippen molar-refractivity contribution < 1.29 is 5.11 Å². The third-order valence-corrected chi connectivity index (χ3v) is 3.73. The van der Waals surface area contributed by atoms with Crippen molar-refractivity contribution in [1.29, 1.82) is 0 Å². The Balaban J connectivity index is 2.01. The molecule has 2 aromatic rings. The maximum atomic E-state index is 9.47. The molecule has 0 amide bonds. The minimum Gasteiger partial charge on any atom is -0.508 e. The fourth-order valence-corrected chi connectivity index (χ4v) is 2.77. The number of benzene rings is 2. The van der Waals surface area contributed by atoms with Crippen molar-refractivity contribution in [3.8, 4) is 5.75 Å². The van der Waals surface area contributed by atoms with E-state index >= 15 is 0 Å². The van der Waals surface area contributed by atoms with Gasteiger partial charge in [0.2, 0.25) is 0 Å². The quantitative estimate of drug-likeness (QED) is 0.800. The summed E-state index contributed by atoms with van der Waals surface area (Å²) in [4.78, 5) is 0. The summed E-state index contributed by atoms with van der Waals surface area (Å²) in [6.07, 6.45) is 2.15. The highest BCUT2D eigenvalue weighted by Gasteiger charge is 2.23. The molecule has 3 rings (SSSR count). The van der Waals surface area contributed by atoms with Gasteiger partial charge >= 0.3 is 0 Å². The Hall–Kier alpha value is -1.47. The van der Waals surface area contributed by atoms with Gasteiger partial charge in [0.1, 0.15) is 5.75 Å². The SMILES string of the molecule is Oc1ccc2c(c1)CCC2c1ccc(Cl)cc1. The number of fused-ring (bicyclic) bond motifs is 1. The van der Waals surface area contributed by atoms with E-state index in [-0.39, 0.29) is 0 Å². The average Bonchev–Trinajstić information content (AvgIpc) is 2.73. The van der Waals surface area contributed by atoms with Crippen LogP contribution in [0.25, 0.3) is 0 Å². The fourth-order valence-electron chi connectivity index (χ4n) is 2.65. The zero-order valence-electron chi connectivity index (χ0n) is 9.36. The van der Waals surface area contributed by atoms with Crippen LogP contribution in [0.15, 0.2) is 42.5 Å². The number of halogens is 1. The summed E-state index contributed by atoms with van der Waals surface area (Å²) in [6, 6.07) is 13.8. The van der Waals surface area contributed by atoms with E-state index in [1.807, 2.05) is 24.3 Å². The summed E-state index contributed by atoms with van der Waals surface area (Å²) in [6.45, 7) is 0. The van der Waals surface area contributed by atoms with Crippen LogP contribution in [0.5, 0.6) is 5.75 Å². The first kappa shape index (κ1) is 10.7. The molecule has 0 aromatic heterocycles. The number of hydrogen-bond donors (Lipinski definition) is 1. The van der Waals surface area contributed by atoms with E-state index in [1.54, 1.807) is 6.07 Å². The number of aromatic hydroxyl groups is 1. The van der Waals surface area contributed by atoms with Gasteiger partial charge in [0.25, 0.3) is 0 Å². The van der Waals surface area contributed by atoms with Crippen molar-refractivity contribution >= 4 is 11.6 Å². The van der Waals surface area contributed by atoms with Crippen LogP contribution in [-0.2, 0) is 6.42 Å². The molecule has 1 aliphatic rings. The van der Waals surface area contributed by atoms with E-state index in [0.717, 1.165) is 17.9 Å². The third-order valence-electron chi connectivity index (χ3n) is 3.48. The van der Waals surface area contributed by atoms with E-state index in [0.29, 0.717) is 11.7 Å². The Labute approximate surface area is 106 Å². The molecule has 0 spiro atoms. The second-order valence-corrected chi connectivity index (χ2v) is 4.96. The van der Waals surface area contributed by atoms with Crippen molar-refractivity contribution in [2.45, 2.75) is 18.8 Å². The van der Waals surface area contributed by atoms with E-state index in [1.165, 1.54) is 16.7 Å². The van der Waals surface area contributed by atoms with Gasteiger partial charge in [0, 0.05) is 10.9 Å². The Morgan fingerprint density at radius 3 is 2.59 bits per heavy atom. The van der Waals surface area contributed by atoms with Crippen LogP contribution < -0.4 is 0 Å². The molecule has 0 bridgehead atoms. The average molecular weight is 245 g/mol. The molecule has 0 radical (unpaired) electrons. The Bertz CT molecular complexity index is 545. The van der Waals surface area contributed by atoms with Gasteiger partial charge in [-0.2, -0.15) is 0 Å².